The second kappa shape index (κ2) is 7.77. The van der Waals surface area contributed by atoms with Gasteiger partial charge in [-0.1, -0.05) is 11.6 Å². The number of aryl methyl sites for hydroxylation is 1. The van der Waals surface area contributed by atoms with Crippen molar-refractivity contribution >= 4 is 28.7 Å². The molecule has 0 bridgehead atoms. The highest BCUT2D eigenvalue weighted by atomic mass is 35.5. The van der Waals surface area contributed by atoms with Crippen LogP contribution in [0.3, 0.4) is 0 Å². The summed E-state index contributed by atoms with van der Waals surface area (Å²) in [6, 6.07) is 5.56. The molecule has 0 amide bonds. The van der Waals surface area contributed by atoms with Crippen LogP contribution in [0.25, 0.3) is 0 Å². The molecule has 2 heterocycles. The number of thiophene rings is 1. The van der Waals surface area contributed by atoms with Crippen molar-refractivity contribution in [3.8, 4) is 11.5 Å². The average Bonchev–Trinajstić information content (AvgIpc) is 3.03. The third-order valence-electron chi connectivity index (χ3n) is 4.68. The van der Waals surface area contributed by atoms with Gasteiger partial charge in [-0.25, -0.2) is 0 Å². The molecular formula is C19H22ClNO3S. The van der Waals surface area contributed by atoms with Gasteiger partial charge in [-0.3, -0.25) is 9.69 Å². The molecule has 1 fully saturated rings. The standard InChI is InChI=1S/C19H22ClNO3S/c1-12-5-7-25-19(12)17(22)14-4-3-6-21(11-14)10-13-8-15(20)18(23)16(9-13)24-2/h5,7-9,14,23H,3-4,6,10-11H2,1-2H3/t14-/m0/s1. The van der Waals surface area contributed by atoms with Gasteiger partial charge in [0.2, 0.25) is 0 Å². The highest BCUT2D eigenvalue weighted by molar-refractivity contribution is 7.12. The van der Waals surface area contributed by atoms with Gasteiger partial charge in [0.05, 0.1) is 17.0 Å². The lowest BCUT2D eigenvalue weighted by Gasteiger charge is -2.32. The van der Waals surface area contributed by atoms with Gasteiger partial charge >= 0.3 is 0 Å². The number of Topliss-reactive ketones (excluding diaryl/α,β-unsaturated/α-hetero) is 1. The number of ether oxygens (including phenoxy) is 1. The minimum Gasteiger partial charge on any atom is -0.503 e. The Bertz CT molecular complexity index is 774. The largest absolute Gasteiger partial charge is 0.503 e. The fourth-order valence-electron chi connectivity index (χ4n) is 3.36. The fourth-order valence-corrected chi connectivity index (χ4v) is 4.53. The lowest BCUT2D eigenvalue weighted by molar-refractivity contribution is 0.0815. The number of hydrogen-bond acceptors (Lipinski definition) is 5. The van der Waals surface area contributed by atoms with Gasteiger partial charge in [0.15, 0.2) is 17.3 Å². The van der Waals surface area contributed by atoms with E-state index in [1.54, 1.807) is 12.1 Å². The van der Waals surface area contributed by atoms with Crippen LogP contribution in [-0.4, -0.2) is 36.0 Å². The number of benzene rings is 1. The summed E-state index contributed by atoms with van der Waals surface area (Å²) in [6.45, 7) is 4.38. The maximum absolute atomic E-state index is 12.8. The van der Waals surface area contributed by atoms with Crippen molar-refractivity contribution in [3.05, 3.63) is 44.6 Å². The van der Waals surface area contributed by atoms with Gasteiger partial charge in [0, 0.05) is 19.0 Å². The van der Waals surface area contributed by atoms with Gasteiger partial charge in [0.25, 0.3) is 0 Å². The number of phenolic OH excluding ortho intramolecular Hbond substituents is 1. The topological polar surface area (TPSA) is 49.8 Å². The number of halogens is 1. The number of aromatic hydroxyl groups is 1. The SMILES string of the molecule is COc1cc(CN2CCC[C@H](C(=O)c3sccc3C)C2)cc(Cl)c1O. The molecule has 1 N–H and O–H groups in total. The van der Waals surface area contributed by atoms with E-state index in [0.29, 0.717) is 12.3 Å². The van der Waals surface area contributed by atoms with Gasteiger partial charge < -0.3 is 9.84 Å². The first kappa shape index (κ1) is 18.2. The molecule has 1 aromatic heterocycles. The molecular weight excluding hydrogens is 358 g/mol. The Labute approximate surface area is 157 Å². The molecule has 0 aliphatic carbocycles. The molecule has 25 heavy (non-hydrogen) atoms. The molecule has 1 aromatic carbocycles. The molecule has 1 aliphatic heterocycles. The molecule has 1 aliphatic rings. The van der Waals surface area contributed by atoms with Crippen molar-refractivity contribution in [1.82, 2.24) is 4.90 Å². The van der Waals surface area contributed by atoms with E-state index in [1.807, 2.05) is 18.4 Å². The lowest BCUT2D eigenvalue weighted by atomic mass is 9.92. The van der Waals surface area contributed by atoms with E-state index in [-0.39, 0.29) is 22.5 Å². The molecule has 0 unspecified atom stereocenters. The predicted molar refractivity (Wildman–Crippen MR) is 101 cm³/mol. The third kappa shape index (κ3) is 4.00. The Morgan fingerprint density at radius 1 is 1.48 bits per heavy atom. The van der Waals surface area contributed by atoms with E-state index in [2.05, 4.69) is 4.90 Å². The first-order valence-corrected chi connectivity index (χ1v) is 9.61. The van der Waals surface area contributed by atoms with E-state index in [9.17, 15) is 9.90 Å². The van der Waals surface area contributed by atoms with Crippen LogP contribution in [0.4, 0.5) is 0 Å². The van der Waals surface area contributed by atoms with Gasteiger partial charge in [-0.2, -0.15) is 0 Å². The summed E-state index contributed by atoms with van der Waals surface area (Å²) >= 11 is 7.61. The Balaban J connectivity index is 1.71. The van der Waals surface area contributed by atoms with E-state index < -0.39 is 0 Å². The van der Waals surface area contributed by atoms with Crippen LogP contribution in [0.15, 0.2) is 23.6 Å². The fraction of sp³-hybridized carbons (Fsp3) is 0.421. The van der Waals surface area contributed by atoms with E-state index in [1.165, 1.54) is 18.4 Å². The Kier molecular flexibility index (Phi) is 5.67. The molecule has 0 radical (unpaired) electrons. The zero-order chi connectivity index (χ0) is 18.0. The zero-order valence-corrected chi connectivity index (χ0v) is 16.0. The van der Waals surface area contributed by atoms with Gasteiger partial charge in [-0.05, 0) is 61.0 Å². The van der Waals surface area contributed by atoms with Crippen LogP contribution >= 0.6 is 22.9 Å². The normalized spacial score (nSPS) is 18.3. The summed E-state index contributed by atoms with van der Waals surface area (Å²) in [7, 11) is 1.51. The van der Waals surface area contributed by atoms with Crippen molar-refractivity contribution in [3.63, 3.8) is 0 Å². The number of carbonyl (C=O) groups is 1. The Morgan fingerprint density at radius 3 is 2.96 bits per heavy atom. The molecule has 3 rings (SSSR count). The number of piperidine rings is 1. The van der Waals surface area contributed by atoms with Gasteiger partial charge in [-0.15, -0.1) is 11.3 Å². The number of phenols is 1. The Hall–Kier alpha value is -1.56. The zero-order valence-electron chi connectivity index (χ0n) is 14.4. The monoisotopic (exact) mass is 379 g/mol. The van der Waals surface area contributed by atoms with E-state index in [4.69, 9.17) is 16.3 Å². The number of likely N-dealkylation sites (tertiary alicyclic amines) is 1. The Morgan fingerprint density at radius 2 is 2.28 bits per heavy atom. The summed E-state index contributed by atoms with van der Waals surface area (Å²) in [5.74, 6) is 0.647. The average molecular weight is 380 g/mol. The predicted octanol–water partition coefficient (Wildman–Crippen LogP) is 4.52. The van der Waals surface area contributed by atoms with Crippen LogP contribution in [0.5, 0.6) is 11.5 Å². The number of carbonyl (C=O) groups excluding carboxylic acids is 1. The highest BCUT2D eigenvalue weighted by Gasteiger charge is 2.28. The first-order chi connectivity index (χ1) is 12.0. The second-order valence-electron chi connectivity index (χ2n) is 6.50. The van der Waals surface area contributed by atoms with E-state index in [0.717, 1.165) is 41.9 Å². The van der Waals surface area contributed by atoms with Crippen molar-refractivity contribution in [2.24, 2.45) is 5.92 Å². The van der Waals surface area contributed by atoms with Crippen molar-refractivity contribution in [2.75, 3.05) is 20.2 Å². The third-order valence-corrected chi connectivity index (χ3v) is 6.00. The molecule has 1 saturated heterocycles. The minimum atomic E-state index is -0.0345. The quantitative estimate of drug-likeness (QED) is 0.776. The molecule has 4 nitrogen and oxygen atoms in total. The summed E-state index contributed by atoms with van der Waals surface area (Å²) in [5.41, 5.74) is 2.04. The van der Waals surface area contributed by atoms with Crippen LogP contribution in [-0.2, 0) is 6.54 Å². The summed E-state index contributed by atoms with van der Waals surface area (Å²) in [6.07, 6.45) is 1.94. The molecule has 0 spiro atoms. The first-order valence-electron chi connectivity index (χ1n) is 8.35. The second-order valence-corrected chi connectivity index (χ2v) is 7.82. The summed E-state index contributed by atoms with van der Waals surface area (Å²) < 4.78 is 5.17. The number of hydrogen-bond donors (Lipinski definition) is 1. The number of nitrogens with zero attached hydrogens (tertiary/aromatic N) is 1. The molecule has 1 atom stereocenters. The maximum atomic E-state index is 12.8. The molecule has 134 valence electrons. The van der Waals surface area contributed by atoms with Crippen LogP contribution in [0.1, 0.15) is 33.6 Å². The highest BCUT2D eigenvalue weighted by Crippen LogP contribution is 2.35. The van der Waals surface area contributed by atoms with E-state index >= 15 is 0 Å². The molecule has 0 saturated carbocycles. The number of methoxy groups -OCH3 is 1. The van der Waals surface area contributed by atoms with Crippen LogP contribution in [0.2, 0.25) is 5.02 Å². The van der Waals surface area contributed by atoms with Crippen LogP contribution in [0, 0.1) is 12.8 Å². The molecule has 6 heteroatoms. The lowest BCUT2D eigenvalue weighted by Crippen LogP contribution is -2.38. The maximum Gasteiger partial charge on any atom is 0.177 e. The number of ketones is 1. The van der Waals surface area contributed by atoms with Crippen molar-refractivity contribution < 1.29 is 14.6 Å². The van der Waals surface area contributed by atoms with Crippen molar-refractivity contribution in [1.29, 1.82) is 0 Å². The molecule has 2 aromatic rings. The number of rotatable bonds is 5. The summed E-state index contributed by atoms with van der Waals surface area (Å²) in [5, 5.41) is 12.1. The van der Waals surface area contributed by atoms with Gasteiger partial charge in [0.1, 0.15) is 0 Å². The summed E-state index contributed by atoms with van der Waals surface area (Å²) in [4.78, 5) is 16.0. The smallest absolute Gasteiger partial charge is 0.177 e. The van der Waals surface area contributed by atoms with Crippen molar-refractivity contribution in [2.45, 2.75) is 26.3 Å². The minimum absolute atomic E-state index is 0.0345. The van der Waals surface area contributed by atoms with Crippen LogP contribution < -0.4 is 4.74 Å².